The van der Waals surface area contributed by atoms with Gasteiger partial charge >= 0.3 is 12.1 Å². The molecule has 1 amide bonds. The number of carbonyl (C=O) groups excluding carboxylic acids is 1. The molecule has 2 bridgehead atoms. The number of carbonyl (C=O) groups is 1. The molecular formula is C52H68F3N5O7Si. The molecule has 8 rings (SSSR count). The van der Waals surface area contributed by atoms with Gasteiger partial charge in [0.2, 0.25) is 0 Å². The number of hydrogen-bond donors (Lipinski definition) is 0. The Morgan fingerprint density at radius 3 is 2.16 bits per heavy atom. The smallest absolute Gasteiger partial charge is 0.410 e. The summed E-state index contributed by atoms with van der Waals surface area (Å²) in [5.41, 5.74) is 2.86. The average molecular weight is 960 g/mol. The van der Waals surface area contributed by atoms with Gasteiger partial charge in [-0.2, -0.15) is 9.97 Å². The maximum atomic E-state index is 18.2. The molecule has 12 nitrogen and oxygen atoms in total. The topological polar surface area (TPSA) is 108 Å². The summed E-state index contributed by atoms with van der Waals surface area (Å²) in [7, 11) is 0.379. The van der Waals surface area contributed by atoms with E-state index in [0.29, 0.717) is 51.1 Å². The fourth-order valence-corrected chi connectivity index (χ4v) is 16.4. The Balaban J connectivity index is 1.33. The number of halogens is 3. The fraction of sp³-hybridized carbons (Fsp3) is 0.596. The minimum absolute atomic E-state index is 0.00704. The highest BCUT2D eigenvalue weighted by Gasteiger charge is 2.47. The molecule has 368 valence electrons. The summed E-state index contributed by atoms with van der Waals surface area (Å²) >= 11 is 0. The first kappa shape index (κ1) is 49.6. The normalized spacial score (nSPS) is 19.5. The monoisotopic (exact) mass is 959 g/mol. The van der Waals surface area contributed by atoms with Gasteiger partial charge in [-0.25, -0.2) is 18.0 Å². The summed E-state index contributed by atoms with van der Waals surface area (Å²) < 4.78 is 87.7. The van der Waals surface area contributed by atoms with Crippen molar-refractivity contribution >= 4 is 41.7 Å². The Hall–Kier alpha value is -4.82. The molecule has 3 aromatic carbocycles. The molecule has 3 aliphatic heterocycles. The van der Waals surface area contributed by atoms with Crippen molar-refractivity contribution in [1.82, 2.24) is 19.8 Å². The first-order valence-corrected chi connectivity index (χ1v) is 26.4. The van der Waals surface area contributed by atoms with Crippen molar-refractivity contribution < 1.29 is 46.4 Å². The summed E-state index contributed by atoms with van der Waals surface area (Å²) in [6, 6.07) is 5.51. The van der Waals surface area contributed by atoms with Crippen LogP contribution in [0.3, 0.4) is 0 Å². The number of methoxy groups -OCH3 is 2. The van der Waals surface area contributed by atoms with Crippen molar-refractivity contribution in [3.63, 3.8) is 0 Å². The lowest BCUT2D eigenvalue weighted by Gasteiger charge is -2.42. The maximum Gasteiger partial charge on any atom is 0.410 e. The van der Waals surface area contributed by atoms with Gasteiger partial charge in [0.15, 0.2) is 24.2 Å². The van der Waals surface area contributed by atoms with Crippen LogP contribution in [-0.4, -0.2) is 125 Å². The number of nitrogens with zero attached hydrogens (tertiary/aromatic N) is 5. The van der Waals surface area contributed by atoms with Gasteiger partial charge in [0, 0.05) is 56.2 Å². The Bertz CT molecular complexity index is 2570. The number of benzene rings is 3. The van der Waals surface area contributed by atoms with Gasteiger partial charge in [-0.3, -0.25) is 9.80 Å². The van der Waals surface area contributed by atoms with E-state index >= 15 is 13.2 Å². The number of ether oxygens (including phenoxy) is 6. The minimum atomic E-state index is -2.41. The molecule has 0 unspecified atom stereocenters. The van der Waals surface area contributed by atoms with Crippen molar-refractivity contribution in [3.05, 3.63) is 47.3 Å². The van der Waals surface area contributed by atoms with Crippen LogP contribution in [0, 0.1) is 34.3 Å². The van der Waals surface area contributed by atoms with Crippen LogP contribution in [0.1, 0.15) is 93.6 Å². The maximum absolute atomic E-state index is 18.2. The summed E-state index contributed by atoms with van der Waals surface area (Å²) in [6.07, 6.45) is 2.93. The number of anilines is 1. The van der Waals surface area contributed by atoms with Gasteiger partial charge in [0.1, 0.15) is 36.6 Å². The Labute approximate surface area is 400 Å². The van der Waals surface area contributed by atoms with E-state index in [2.05, 4.69) is 57.9 Å². The summed E-state index contributed by atoms with van der Waals surface area (Å²) in [6.45, 7) is 23.1. The number of rotatable bonds is 14. The third-order valence-electron chi connectivity index (χ3n) is 14.6. The third kappa shape index (κ3) is 9.57. The molecule has 1 aromatic heterocycles. The quantitative estimate of drug-likeness (QED) is 0.0685. The molecule has 0 radical (unpaired) electrons. The molecule has 0 spiro atoms. The number of hydrogen-bond acceptors (Lipinski definition) is 11. The lowest BCUT2D eigenvalue weighted by molar-refractivity contribution is 0.0122. The lowest BCUT2D eigenvalue weighted by atomic mass is 9.92. The van der Waals surface area contributed by atoms with E-state index in [1.807, 2.05) is 25.7 Å². The summed E-state index contributed by atoms with van der Waals surface area (Å²) in [4.78, 5) is 29.4. The van der Waals surface area contributed by atoms with E-state index in [0.717, 1.165) is 32.5 Å². The second-order valence-corrected chi connectivity index (χ2v) is 26.7. The number of morpholine rings is 1. The molecule has 68 heavy (non-hydrogen) atoms. The molecule has 2 atom stereocenters. The van der Waals surface area contributed by atoms with E-state index in [9.17, 15) is 4.79 Å². The van der Waals surface area contributed by atoms with Gasteiger partial charge < -0.3 is 33.3 Å². The van der Waals surface area contributed by atoms with Crippen LogP contribution in [-0.2, 0) is 14.2 Å². The number of fused-ring (bicyclic) bond motifs is 4. The lowest BCUT2D eigenvalue weighted by Crippen LogP contribution is -2.57. The number of piperazine rings is 1. The molecule has 16 heteroatoms. The van der Waals surface area contributed by atoms with Crippen LogP contribution in [0.5, 0.6) is 17.5 Å². The standard InChI is InChI=1S/C52H68F3N5O7Si/c1-31(2)68(32(3)4,33(5)6)23-16-38-40(53)15-12-34-24-37(66-30-62-10)25-39(41(34)38)42-44(54)46-43(47(63-11)45(42)55)48(59-26-35-13-14-36(27-59)60(35)50(61)67-51(7,8)9)57-49(56-46)65-29-52(17-18-52)28-58-19-21-64-22-20-58/h12,15,24-25,31-33,35-36H,13-14,17-22,26-30H2,1-11H3/t35-,36+. The van der Waals surface area contributed by atoms with Gasteiger partial charge in [-0.15, -0.1) is 5.54 Å². The van der Waals surface area contributed by atoms with Crippen LogP contribution >= 0.6 is 0 Å². The van der Waals surface area contributed by atoms with Crippen LogP contribution in [0.15, 0.2) is 24.3 Å². The SMILES string of the molecule is COCOc1cc(-c2c(F)c(OC)c3c(N4C[C@H]5CC[C@@H](C4)N5C(=O)OC(C)(C)C)nc(OCC4(CN5CCOCC5)CC4)nc3c2F)c2c(C#C[Si](C(C)C)(C(C)C)C(C)C)c(F)ccc2c1. The van der Waals surface area contributed by atoms with Crippen LogP contribution in [0.4, 0.5) is 23.8 Å². The fourth-order valence-electron chi connectivity index (χ4n) is 11.2. The van der Waals surface area contributed by atoms with Crippen molar-refractivity contribution in [2.75, 3.05) is 78.5 Å². The summed E-state index contributed by atoms with van der Waals surface area (Å²) in [5, 5.41) is 0.700. The van der Waals surface area contributed by atoms with Crippen molar-refractivity contribution in [2.24, 2.45) is 5.41 Å². The van der Waals surface area contributed by atoms with E-state index < -0.39 is 42.8 Å². The zero-order valence-corrected chi connectivity index (χ0v) is 42.6. The van der Waals surface area contributed by atoms with Gasteiger partial charge in [-0.1, -0.05) is 53.5 Å². The Morgan fingerprint density at radius 2 is 1.57 bits per heavy atom. The first-order chi connectivity index (χ1) is 32.3. The Kier molecular flexibility index (Phi) is 14.2. The molecule has 3 saturated heterocycles. The van der Waals surface area contributed by atoms with E-state index in [4.69, 9.17) is 38.4 Å². The van der Waals surface area contributed by atoms with E-state index in [-0.39, 0.29) is 91.7 Å². The van der Waals surface area contributed by atoms with Gasteiger partial charge in [0.25, 0.3) is 0 Å². The highest BCUT2D eigenvalue weighted by atomic mass is 28.3. The molecule has 0 N–H and O–H groups in total. The number of aromatic nitrogens is 2. The van der Waals surface area contributed by atoms with Crippen molar-refractivity contribution in [2.45, 2.75) is 122 Å². The largest absolute Gasteiger partial charge is 0.493 e. The second kappa shape index (κ2) is 19.5. The average Bonchev–Trinajstić information content (AvgIpc) is 3.99. The van der Waals surface area contributed by atoms with Crippen molar-refractivity contribution in [3.8, 4) is 40.1 Å². The van der Waals surface area contributed by atoms with Crippen LogP contribution < -0.4 is 19.1 Å². The van der Waals surface area contributed by atoms with E-state index in [1.165, 1.54) is 26.4 Å². The van der Waals surface area contributed by atoms with Crippen LogP contribution in [0.25, 0.3) is 32.8 Å². The molecular weight excluding hydrogens is 892 g/mol. The van der Waals surface area contributed by atoms with E-state index in [1.54, 1.807) is 17.0 Å². The van der Waals surface area contributed by atoms with Crippen molar-refractivity contribution in [1.29, 1.82) is 0 Å². The minimum Gasteiger partial charge on any atom is -0.493 e. The molecule has 1 saturated carbocycles. The molecule has 4 aromatic rings. The zero-order valence-electron chi connectivity index (χ0n) is 41.6. The first-order valence-electron chi connectivity index (χ1n) is 24.2. The number of amides is 1. The Morgan fingerprint density at radius 1 is 0.912 bits per heavy atom. The second-order valence-electron chi connectivity index (χ2n) is 21.1. The predicted molar refractivity (Wildman–Crippen MR) is 261 cm³/mol. The molecule has 4 heterocycles. The van der Waals surface area contributed by atoms with Gasteiger partial charge in [0.05, 0.1) is 55.5 Å². The third-order valence-corrected chi connectivity index (χ3v) is 20.9. The molecule has 1 aliphatic carbocycles. The van der Waals surface area contributed by atoms with Crippen LogP contribution in [0.2, 0.25) is 16.6 Å². The van der Waals surface area contributed by atoms with Gasteiger partial charge in [-0.05, 0) is 86.7 Å². The highest BCUT2D eigenvalue weighted by molar-refractivity contribution is 6.90. The molecule has 4 fully saturated rings. The summed E-state index contributed by atoms with van der Waals surface area (Å²) in [5.74, 6) is 0.794. The predicted octanol–water partition coefficient (Wildman–Crippen LogP) is 10.5. The highest BCUT2D eigenvalue weighted by Crippen LogP contribution is 2.50. The molecule has 4 aliphatic rings. The zero-order chi connectivity index (χ0) is 48.9.